The number of hydrogen-bond acceptors (Lipinski definition) is 2. The van der Waals surface area contributed by atoms with Crippen LogP contribution in [0.3, 0.4) is 0 Å². The fourth-order valence-electron chi connectivity index (χ4n) is 3.38. The van der Waals surface area contributed by atoms with Crippen LogP contribution in [0.25, 0.3) is 0 Å². The van der Waals surface area contributed by atoms with Gasteiger partial charge in [-0.05, 0) is 50.3 Å². The molecule has 1 aromatic carbocycles. The van der Waals surface area contributed by atoms with Crippen LogP contribution in [0.15, 0.2) is 24.3 Å². The van der Waals surface area contributed by atoms with E-state index < -0.39 is 0 Å². The SMILES string of the molecule is CC(C)c1ccc(C(C)N2CCCCC2C(C)N)cc1. The Labute approximate surface area is 124 Å². The number of nitrogens with two attached hydrogens (primary N) is 1. The molecule has 0 bridgehead atoms. The Morgan fingerprint density at radius 3 is 2.15 bits per heavy atom. The molecule has 3 atom stereocenters. The quantitative estimate of drug-likeness (QED) is 0.896. The van der Waals surface area contributed by atoms with Gasteiger partial charge in [0.25, 0.3) is 0 Å². The highest BCUT2D eigenvalue weighted by molar-refractivity contribution is 5.26. The van der Waals surface area contributed by atoms with Gasteiger partial charge in [0.1, 0.15) is 0 Å². The second-order valence-electron chi connectivity index (χ2n) is 6.66. The zero-order valence-corrected chi connectivity index (χ0v) is 13.5. The zero-order valence-electron chi connectivity index (χ0n) is 13.5. The van der Waals surface area contributed by atoms with Crippen molar-refractivity contribution in [2.24, 2.45) is 5.73 Å². The van der Waals surface area contributed by atoms with Crippen molar-refractivity contribution in [2.75, 3.05) is 6.54 Å². The van der Waals surface area contributed by atoms with Gasteiger partial charge in [0, 0.05) is 18.1 Å². The van der Waals surface area contributed by atoms with E-state index in [1.54, 1.807) is 0 Å². The van der Waals surface area contributed by atoms with Gasteiger partial charge in [0.15, 0.2) is 0 Å². The second-order valence-corrected chi connectivity index (χ2v) is 6.66. The Bertz CT molecular complexity index is 408. The highest BCUT2D eigenvalue weighted by atomic mass is 15.2. The number of rotatable bonds is 4. The smallest absolute Gasteiger partial charge is 0.0323 e. The normalized spacial score (nSPS) is 23.8. The summed E-state index contributed by atoms with van der Waals surface area (Å²) in [6.45, 7) is 10.1. The van der Waals surface area contributed by atoms with Crippen molar-refractivity contribution < 1.29 is 0 Å². The average Bonchev–Trinajstić information content (AvgIpc) is 2.46. The first-order valence-electron chi connectivity index (χ1n) is 8.12. The monoisotopic (exact) mass is 274 g/mol. The summed E-state index contributed by atoms with van der Waals surface area (Å²) in [7, 11) is 0. The molecule has 2 rings (SSSR count). The average molecular weight is 274 g/mol. The van der Waals surface area contributed by atoms with E-state index in [4.69, 9.17) is 5.73 Å². The minimum Gasteiger partial charge on any atom is -0.327 e. The molecular weight excluding hydrogens is 244 g/mol. The molecule has 0 saturated carbocycles. The largest absolute Gasteiger partial charge is 0.327 e. The van der Waals surface area contributed by atoms with Gasteiger partial charge < -0.3 is 5.73 Å². The second kappa shape index (κ2) is 6.73. The lowest BCUT2D eigenvalue weighted by Crippen LogP contribution is -2.49. The Balaban J connectivity index is 2.14. The molecule has 0 spiro atoms. The standard InChI is InChI=1S/C18H30N2/c1-13(2)16-8-10-17(11-9-16)15(4)20-12-6-5-7-18(20)14(3)19/h8-11,13-15,18H,5-7,12,19H2,1-4H3. The zero-order chi connectivity index (χ0) is 14.7. The summed E-state index contributed by atoms with van der Waals surface area (Å²) in [5, 5.41) is 0. The first-order chi connectivity index (χ1) is 9.50. The first kappa shape index (κ1) is 15.5. The third kappa shape index (κ3) is 3.42. The van der Waals surface area contributed by atoms with Crippen molar-refractivity contribution in [3.8, 4) is 0 Å². The van der Waals surface area contributed by atoms with E-state index in [0.717, 1.165) is 0 Å². The molecule has 2 N–H and O–H groups in total. The van der Waals surface area contributed by atoms with Gasteiger partial charge in [-0.25, -0.2) is 0 Å². The molecule has 20 heavy (non-hydrogen) atoms. The molecule has 2 heteroatoms. The molecule has 1 heterocycles. The molecule has 2 nitrogen and oxygen atoms in total. The molecule has 0 radical (unpaired) electrons. The molecule has 0 aromatic heterocycles. The van der Waals surface area contributed by atoms with Crippen molar-refractivity contribution in [3.63, 3.8) is 0 Å². The van der Waals surface area contributed by atoms with Crippen LogP contribution in [0.5, 0.6) is 0 Å². The first-order valence-corrected chi connectivity index (χ1v) is 8.12. The summed E-state index contributed by atoms with van der Waals surface area (Å²) < 4.78 is 0. The van der Waals surface area contributed by atoms with Crippen LogP contribution in [-0.2, 0) is 0 Å². The van der Waals surface area contributed by atoms with Crippen molar-refractivity contribution >= 4 is 0 Å². The summed E-state index contributed by atoms with van der Waals surface area (Å²) in [6, 6.07) is 10.4. The van der Waals surface area contributed by atoms with E-state index in [2.05, 4.69) is 56.9 Å². The number of hydrogen-bond donors (Lipinski definition) is 1. The van der Waals surface area contributed by atoms with E-state index >= 15 is 0 Å². The maximum Gasteiger partial charge on any atom is 0.0323 e. The lowest BCUT2D eigenvalue weighted by Gasteiger charge is -2.42. The third-order valence-corrected chi connectivity index (χ3v) is 4.78. The van der Waals surface area contributed by atoms with Crippen LogP contribution in [0.2, 0.25) is 0 Å². The molecule has 1 aliphatic heterocycles. The van der Waals surface area contributed by atoms with Gasteiger partial charge >= 0.3 is 0 Å². The van der Waals surface area contributed by atoms with Crippen LogP contribution in [0.4, 0.5) is 0 Å². The molecule has 1 aliphatic rings. The summed E-state index contributed by atoms with van der Waals surface area (Å²) in [6.07, 6.45) is 3.87. The van der Waals surface area contributed by atoms with Gasteiger partial charge in [-0.15, -0.1) is 0 Å². The number of likely N-dealkylation sites (tertiary alicyclic amines) is 1. The fraction of sp³-hybridized carbons (Fsp3) is 0.667. The molecule has 0 amide bonds. The van der Waals surface area contributed by atoms with E-state index in [1.807, 2.05) is 0 Å². The minimum absolute atomic E-state index is 0.257. The molecule has 0 aliphatic carbocycles. The summed E-state index contributed by atoms with van der Waals surface area (Å²) >= 11 is 0. The highest BCUT2D eigenvalue weighted by Crippen LogP contribution is 2.30. The summed E-state index contributed by atoms with van der Waals surface area (Å²) in [5.74, 6) is 0.603. The van der Waals surface area contributed by atoms with E-state index in [0.29, 0.717) is 18.0 Å². The van der Waals surface area contributed by atoms with E-state index in [9.17, 15) is 0 Å². The van der Waals surface area contributed by atoms with E-state index in [-0.39, 0.29) is 6.04 Å². The van der Waals surface area contributed by atoms with Crippen molar-refractivity contribution in [1.82, 2.24) is 4.90 Å². The Morgan fingerprint density at radius 1 is 1.00 bits per heavy atom. The predicted octanol–water partition coefficient (Wildman–Crippen LogP) is 4.07. The number of piperidine rings is 1. The molecular formula is C18H30N2. The van der Waals surface area contributed by atoms with Crippen LogP contribution < -0.4 is 5.73 Å². The van der Waals surface area contributed by atoms with Crippen molar-refractivity contribution in [3.05, 3.63) is 35.4 Å². The van der Waals surface area contributed by atoms with Crippen molar-refractivity contribution in [2.45, 2.75) is 71.0 Å². The topological polar surface area (TPSA) is 29.3 Å². The molecule has 1 aromatic rings. The predicted molar refractivity (Wildman–Crippen MR) is 86.9 cm³/mol. The van der Waals surface area contributed by atoms with Gasteiger partial charge in [0.05, 0.1) is 0 Å². The lowest BCUT2D eigenvalue weighted by molar-refractivity contribution is 0.0890. The molecule has 3 unspecified atom stereocenters. The van der Waals surface area contributed by atoms with Gasteiger partial charge in [-0.3, -0.25) is 4.90 Å². The highest BCUT2D eigenvalue weighted by Gasteiger charge is 2.29. The maximum atomic E-state index is 6.20. The van der Waals surface area contributed by atoms with E-state index in [1.165, 1.54) is 36.9 Å². The van der Waals surface area contributed by atoms with Crippen LogP contribution >= 0.6 is 0 Å². The Morgan fingerprint density at radius 2 is 1.60 bits per heavy atom. The minimum atomic E-state index is 0.257. The lowest BCUT2D eigenvalue weighted by atomic mass is 9.92. The van der Waals surface area contributed by atoms with Crippen LogP contribution in [-0.4, -0.2) is 23.5 Å². The number of benzene rings is 1. The summed E-state index contributed by atoms with van der Waals surface area (Å²) in [5.41, 5.74) is 9.03. The van der Waals surface area contributed by atoms with Crippen LogP contribution in [0.1, 0.15) is 70.0 Å². The Kier molecular flexibility index (Phi) is 5.22. The summed E-state index contributed by atoms with van der Waals surface area (Å²) in [4.78, 5) is 2.61. The third-order valence-electron chi connectivity index (χ3n) is 4.78. The van der Waals surface area contributed by atoms with Crippen molar-refractivity contribution in [1.29, 1.82) is 0 Å². The fourth-order valence-corrected chi connectivity index (χ4v) is 3.38. The molecule has 1 fully saturated rings. The molecule has 112 valence electrons. The van der Waals surface area contributed by atoms with Gasteiger partial charge in [-0.2, -0.15) is 0 Å². The molecule has 1 saturated heterocycles. The maximum absolute atomic E-state index is 6.20. The Hall–Kier alpha value is -0.860. The number of nitrogens with zero attached hydrogens (tertiary/aromatic N) is 1. The van der Waals surface area contributed by atoms with Gasteiger partial charge in [-0.1, -0.05) is 44.5 Å². The van der Waals surface area contributed by atoms with Gasteiger partial charge in [0.2, 0.25) is 0 Å². The van der Waals surface area contributed by atoms with Crippen LogP contribution in [0, 0.1) is 0 Å².